The molecule has 98 valence electrons. The molecule has 0 aromatic carbocycles. The number of rotatable bonds is 3. The number of hydrogen-bond acceptors (Lipinski definition) is 5. The molecule has 0 radical (unpaired) electrons. The van der Waals surface area contributed by atoms with Crippen LogP contribution in [-0.4, -0.2) is 22.5 Å². The van der Waals surface area contributed by atoms with Gasteiger partial charge in [-0.15, -0.1) is 11.3 Å². The maximum atomic E-state index is 11.6. The van der Waals surface area contributed by atoms with Gasteiger partial charge < -0.3 is 4.74 Å². The first-order valence-corrected chi connectivity index (χ1v) is 6.23. The molecule has 6 heteroatoms. The highest BCUT2D eigenvalue weighted by Crippen LogP contribution is 2.18. The van der Waals surface area contributed by atoms with Gasteiger partial charge in [0.2, 0.25) is 5.78 Å². The molecule has 0 spiro atoms. The van der Waals surface area contributed by atoms with E-state index in [-0.39, 0.29) is 11.5 Å². The molecule has 0 atom stereocenters. The van der Waals surface area contributed by atoms with Crippen molar-refractivity contribution >= 4 is 28.3 Å². The zero-order valence-electron chi connectivity index (χ0n) is 10.9. The molecule has 1 N–H and O–H groups in total. The molecule has 1 rings (SSSR count). The maximum Gasteiger partial charge on any atom is 0.413 e. The summed E-state index contributed by atoms with van der Waals surface area (Å²) in [5.41, 5.74) is 0.111. The van der Waals surface area contributed by atoms with Crippen LogP contribution in [0.5, 0.6) is 0 Å². The molecule has 1 aromatic heterocycles. The van der Waals surface area contributed by atoms with Crippen molar-refractivity contribution in [2.75, 3.05) is 5.32 Å². The lowest BCUT2D eigenvalue weighted by Gasteiger charge is -2.18. The number of thiazole rings is 1. The molecule has 1 aromatic rings. The van der Waals surface area contributed by atoms with Crippen molar-refractivity contribution in [1.29, 1.82) is 0 Å². The molecule has 0 saturated carbocycles. The Labute approximate surface area is 110 Å². The minimum Gasteiger partial charge on any atom is -0.444 e. The summed E-state index contributed by atoms with van der Waals surface area (Å²) < 4.78 is 5.07. The van der Waals surface area contributed by atoms with Gasteiger partial charge in [-0.05, 0) is 33.3 Å². The minimum atomic E-state index is -0.592. The maximum absolute atomic E-state index is 11.6. The Balaban J connectivity index is 2.68. The van der Waals surface area contributed by atoms with Crippen molar-refractivity contribution in [3.8, 4) is 0 Å². The number of hydrogen-bond donors (Lipinski definition) is 1. The fourth-order valence-corrected chi connectivity index (χ4v) is 1.72. The van der Waals surface area contributed by atoms with Gasteiger partial charge in [-0.1, -0.05) is 6.58 Å². The van der Waals surface area contributed by atoms with Crippen LogP contribution in [0.4, 0.5) is 9.93 Å². The van der Waals surface area contributed by atoms with E-state index in [1.54, 1.807) is 33.1 Å². The van der Waals surface area contributed by atoms with E-state index in [0.29, 0.717) is 10.7 Å². The largest absolute Gasteiger partial charge is 0.444 e. The van der Waals surface area contributed by atoms with Gasteiger partial charge in [0.25, 0.3) is 0 Å². The van der Waals surface area contributed by atoms with E-state index in [0.717, 1.165) is 11.3 Å². The number of carbonyl (C=O) groups excluding carboxylic acids is 2. The molecular formula is C12H16N2O3S. The van der Waals surface area contributed by atoms with Crippen LogP contribution < -0.4 is 5.32 Å². The summed E-state index contributed by atoms with van der Waals surface area (Å²) in [6, 6.07) is 0. The molecule has 1 amide bonds. The first-order chi connectivity index (χ1) is 8.19. The number of allylic oxidation sites excluding steroid dienone is 1. The van der Waals surface area contributed by atoms with Crippen molar-refractivity contribution in [2.24, 2.45) is 0 Å². The Kier molecular flexibility index (Phi) is 4.24. The van der Waals surface area contributed by atoms with E-state index in [1.807, 2.05) is 0 Å². The van der Waals surface area contributed by atoms with Crippen molar-refractivity contribution in [3.05, 3.63) is 23.2 Å². The summed E-state index contributed by atoms with van der Waals surface area (Å²) in [5.74, 6) is -0.233. The minimum absolute atomic E-state index is 0.233. The number of carbonyl (C=O) groups is 2. The second kappa shape index (κ2) is 5.30. The Hall–Kier alpha value is -1.69. The topological polar surface area (TPSA) is 68.3 Å². The SMILES string of the molecule is C=C(C)C(=O)c1csc(NC(=O)OC(C)(C)C)n1. The Morgan fingerprint density at radius 2 is 2.06 bits per heavy atom. The number of ether oxygens (including phenoxy) is 1. The van der Waals surface area contributed by atoms with Gasteiger partial charge in [0.05, 0.1) is 0 Å². The number of nitrogens with one attached hydrogen (secondary N) is 1. The van der Waals surface area contributed by atoms with Gasteiger partial charge in [0.1, 0.15) is 11.3 Å². The Morgan fingerprint density at radius 1 is 1.44 bits per heavy atom. The van der Waals surface area contributed by atoms with Crippen molar-refractivity contribution in [3.63, 3.8) is 0 Å². The zero-order chi connectivity index (χ0) is 13.9. The standard InChI is InChI=1S/C12H16N2O3S/c1-7(2)9(15)8-6-18-10(13-8)14-11(16)17-12(3,4)5/h6H,1H2,2-5H3,(H,13,14,16). The average molecular weight is 268 g/mol. The van der Waals surface area contributed by atoms with Gasteiger partial charge in [-0.3, -0.25) is 10.1 Å². The Bertz CT molecular complexity index is 486. The van der Waals surface area contributed by atoms with Gasteiger partial charge in [0, 0.05) is 5.38 Å². The van der Waals surface area contributed by atoms with E-state index in [4.69, 9.17) is 4.74 Å². The zero-order valence-corrected chi connectivity index (χ0v) is 11.7. The summed E-state index contributed by atoms with van der Waals surface area (Å²) in [4.78, 5) is 27.0. The number of aromatic nitrogens is 1. The van der Waals surface area contributed by atoms with Crippen molar-refractivity contribution < 1.29 is 14.3 Å². The van der Waals surface area contributed by atoms with Gasteiger partial charge in [-0.25, -0.2) is 9.78 Å². The van der Waals surface area contributed by atoms with Crippen LogP contribution in [0.1, 0.15) is 38.2 Å². The molecule has 0 saturated heterocycles. The van der Waals surface area contributed by atoms with Crippen LogP contribution in [0.3, 0.4) is 0 Å². The quantitative estimate of drug-likeness (QED) is 0.675. The van der Waals surface area contributed by atoms with Gasteiger partial charge in [0.15, 0.2) is 5.13 Å². The highest BCUT2D eigenvalue weighted by Gasteiger charge is 2.18. The normalized spacial score (nSPS) is 10.9. The Morgan fingerprint density at radius 3 is 2.56 bits per heavy atom. The second-order valence-corrected chi connectivity index (χ2v) is 5.63. The van der Waals surface area contributed by atoms with Crippen LogP contribution in [0, 0.1) is 0 Å². The van der Waals surface area contributed by atoms with E-state index < -0.39 is 11.7 Å². The first-order valence-electron chi connectivity index (χ1n) is 5.35. The van der Waals surface area contributed by atoms with Crippen LogP contribution in [-0.2, 0) is 4.74 Å². The third-order valence-corrected chi connectivity index (χ3v) is 2.49. The predicted molar refractivity (Wildman–Crippen MR) is 71.1 cm³/mol. The van der Waals surface area contributed by atoms with Crippen LogP contribution >= 0.6 is 11.3 Å². The van der Waals surface area contributed by atoms with Crippen molar-refractivity contribution in [2.45, 2.75) is 33.3 Å². The molecule has 5 nitrogen and oxygen atoms in total. The molecule has 0 unspecified atom stereocenters. The third-order valence-electron chi connectivity index (χ3n) is 1.73. The average Bonchev–Trinajstić information content (AvgIpc) is 2.61. The van der Waals surface area contributed by atoms with Gasteiger partial charge in [-0.2, -0.15) is 0 Å². The molecule has 0 fully saturated rings. The van der Waals surface area contributed by atoms with E-state index >= 15 is 0 Å². The van der Waals surface area contributed by atoms with E-state index in [9.17, 15) is 9.59 Å². The predicted octanol–water partition coefficient (Wildman–Crippen LogP) is 3.25. The lowest BCUT2D eigenvalue weighted by Crippen LogP contribution is -2.27. The van der Waals surface area contributed by atoms with Crippen molar-refractivity contribution in [1.82, 2.24) is 4.98 Å². The highest BCUT2D eigenvalue weighted by atomic mass is 32.1. The molecule has 1 heterocycles. The number of Topliss-reactive ketones (excluding diaryl/α,β-unsaturated/α-hetero) is 1. The fourth-order valence-electron chi connectivity index (χ4n) is 1.04. The lowest BCUT2D eigenvalue weighted by atomic mass is 10.2. The summed E-state index contributed by atoms with van der Waals surface area (Å²) in [5, 5.41) is 4.38. The summed E-state index contributed by atoms with van der Waals surface area (Å²) in [6.07, 6.45) is -0.592. The smallest absolute Gasteiger partial charge is 0.413 e. The molecule has 0 aliphatic heterocycles. The van der Waals surface area contributed by atoms with E-state index in [1.165, 1.54) is 0 Å². The lowest BCUT2D eigenvalue weighted by molar-refractivity contribution is 0.0635. The third kappa shape index (κ3) is 4.29. The van der Waals surface area contributed by atoms with Crippen LogP contribution in [0.2, 0.25) is 0 Å². The summed E-state index contributed by atoms with van der Waals surface area (Å²) >= 11 is 1.16. The summed E-state index contributed by atoms with van der Waals surface area (Å²) in [7, 11) is 0. The molecule has 0 aliphatic carbocycles. The number of nitrogens with zero attached hydrogens (tertiary/aromatic N) is 1. The van der Waals surface area contributed by atoms with E-state index in [2.05, 4.69) is 16.9 Å². The summed E-state index contributed by atoms with van der Waals surface area (Å²) in [6.45, 7) is 10.5. The molecule has 18 heavy (non-hydrogen) atoms. The molecular weight excluding hydrogens is 252 g/mol. The number of anilines is 1. The first kappa shape index (κ1) is 14.4. The molecule has 0 bridgehead atoms. The second-order valence-electron chi connectivity index (χ2n) is 4.77. The molecule has 0 aliphatic rings. The van der Waals surface area contributed by atoms with Crippen LogP contribution in [0.15, 0.2) is 17.5 Å². The highest BCUT2D eigenvalue weighted by molar-refractivity contribution is 7.14. The monoisotopic (exact) mass is 268 g/mol. The number of ketones is 1. The van der Waals surface area contributed by atoms with Crippen LogP contribution in [0.25, 0.3) is 0 Å². The number of amides is 1. The fraction of sp³-hybridized carbons (Fsp3) is 0.417. The van der Waals surface area contributed by atoms with Gasteiger partial charge >= 0.3 is 6.09 Å².